The first-order chi connectivity index (χ1) is 11.0. The Bertz CT molecular complexity index is 554. The van der Waals surface area contributed by atoms with Crippen LogP contribution in [0, 0.1) is 0 Å². The first kappa shape index (κ1) is 19.6. The van der Waals surface area contributed by atoms with Crippen LogP contribution in [-0.2, 0) is 25.8 Å². The Morgan fingerprint density at radius 2 is 1.78 bits per heavy atom. The molecule has 1 atom stereocenters. The van der Waals surface area contributed by atoms with Crippen molar-refractivity contribution in [1.82, 2.24) is 0 Å². The number of sulfone groups is 1. The monoisotopic (exact) mass is 342 g/mol. The molecule has 0 aromatic heterocycles. The Hall–Kier alpha value is -1.40. The average molecular weight is 342 g/mol. The summed E-state index contributed by atoms with van der Waals surface area (Å²) in [6, 6.07) is 9.25. The molecule has 0 radical (unpaired) electrons. The van der Waals surface area contributed by atoms with Crippen LogP contribution in [0.4, 0.5) is 0 Å². The summed E-state index contributed by atoms with van der Waals surface area (Å²) >= 11 is 0. The van der Waals surface area contributed by atoms with Crippen LogP contribution in [-0.4, -0.2) is 44.2 Å². The third-order valence-corrected chi connectivity index (χ3v) is 5.87. The van der Waals surface area contributed by atoms with Crippen molar-refractivity contribution >= 4 is 15.8 Å². The van der Waals surface area contributed by atoms with E-state index in [1.54, 1.807) is 7.11 Å². The van der Waals surface area contributed by atoms with E-state index in [1.165, 1.54) is 0 Å². The van der Waals surface area contributed by atoms with Crippen LogP contribution in [0.15, 0.2) is 30.3 Å². The van der Waals surface area contributed by atoms with Gasteiger partial charge in [0.2, 0.25) is 0 Å². The molecule has 0 aliphatic heterocycles. The van der Waals surface area contributed by atoms with Gasteiger partial charge in [0.15, 0.2) is 15.1 Å². The van der Waals surface area contributed by atoms with Gasteiger partial charge in [0.25, 0.3) is 0 Å². The van der Waals surface area contributed by atoms with Crippen LogP contribution >= 0.6 is 0 Å². The van der Waals surface area contributed by atoms with Crippen molar-refractivity contribution < 1.29 is 23.1 Å². The molecule has 0 saturated heterocycles. The molecule has 1 aromatic rings. The fraction of sp³-hybridized carbons (Fsp3) is 0.588. The number of benzene rings is 1. The van der Waals surface area contributed by atoms with Gasteiger partial charge in [-0.2, -0.15) is 0 Å². The summed E-state index contributed by atoms with van der Waals surface area (Å²) in [6.07, 6.45) is 3.78. The Morgan fingerprint density at radius 3 is 2.39 bits per heavy atom. The molecular weight excluding hydrogens is 316 g/mol. The van der Waals surface area contributed by atoms with E-state index >= 15 is 0 Å². The number of rotatable bonds is 12. The summed E-state index contributed by atoms with van der Waals surface area (Å²) in [5.41, 5.74) is 0.903. The van der Waals surface area contributed by atoms with Crippen molar-refractivity contribution in [2.75, 3.05) is 19.5 Å². The highest BCUT2D eigenvalue weighted by Crippen LogP contribution is 2.15. The highest BCUT2D eigenvalue weighted by molar-refractivity contribution is 7.92. The molecule has 130 valence electrons. The van der Waals surface area contributed by atoms with Crippen LogP contribution in [0.2, 0.25) is 0 Å². The largest absolute Gasteiger partial charge is 0.480 e. The van der Waals surface area contributed by atoms with Crippen LogP contribution < -0.4 is 0 Å². The van der Waals surface area contributed by atoms with Gasteiger partial charge in [-0.25, -0.2) is 8.42 Å². The fourth-order valence-corrected chi connectivity index (χ4v) is 4.07. The molecule has 6 heteroatoms. The lowest BCUT2D eigenvalue weighted by molar-refractivity contribution is -0.136. The Kier molecular flexibility index (Phi) is 8.87. The third-order valence-electron chi connectivity index (χ3n) is 3.79. The van der Waals surface area contributed by atoms with E-state index in [2.05, 4.69) is 0 Å². The molecule has 1 aromatic carbocycles. The van der Waals surface area contributed by atoms with Gasteiger partial charge in [0.05, 0.1) is 5.75 Å². The number of carboxylic acids is 1. The first-order valence-electron chi connectivity index (χ1n) is 7.94. The zero-order valence-corrected chi connectivity index (χ0v) is 14.4. The standard InChI is InChI=1S/C17H26O5S/c1-22-13-8-3-2-7-11-16(17(18)19)23(20,21)14-12-15-9-5-4-6-10-15/h4-6,9-10,16H,2-3,7-8,11-14H2,1H3,(H,18,19). The molecule has 1 unspecified atom stereocenters. The lowest BCUT2D eigenvalue weighted by Crippen LogP contribution is -2.32. The van der Waals surface area contributed by atoms with Crippen LogP contribution in [0.25, 0.3) is 0 Å². The lowest BCUT2D eigenvalue weighted by atomic mass is 10.1. The summed E-state index contributed by atoms with van der Waals surface area (Å²) < 4.78 is 29.6. The lowest BCUT2D eigenvalue weighted by Gasteiger charge is -2.13. The molecule has 1 rings (SSSR count). The number of hydrogen-bond acceptors (Lipinski definition) is 4. The molecular formula is C17H26O5S. The molecule has 0 saturated carbocycles. The molecule has 0 spiro atoms. The summed E-state index contributed by atoms with van der Waals surface area (Å²) in [6.45, 7) is 0.678. The fourth-order valence-electron chi connectivity index (χ4n) is 2.43. The van der Waals surface area contributed by atoms with Crippen molar-refractivity contribution in [2.45, 2.75) is 43.8 Å². The van der Waals surface area contributed by atoms with E-state index in [0.717, 1.165) is 24.8 Å². The minimum Gasteiger partial charge on any atom is -0.480 e. The minimum atomic E-state index is -3.64. The minimum absolute atomic E-state index is 0.127. The molecule has 0 aliphatic rings. The molecule has 0 amide bonds. The molecule has 5 nitrogen and oxygen atoms in total. The Morgan fingerprint density at radius 1 is 1.13 bits per heavy atom. The molecule has 1 N–H and O–H groups in total. The van der Waals surface area contributed by atoms with Crippen LogP contribution in [0.5, 0.6) is 0 Å². The number of hydrogen-bond donors (Lipinski definition) is 1. The second kappa shape index (κ2) is 10.4. The zero-order chi connectivity index (χ0) is 17.1. The van der Waals surface area contributed by atoms with E-state index < -0.39 is 21.1 Å². The average Bonchev–Trinajstić information content (AvgIpc) is 2.52. The van der Waals surface area contributed by atoms with Gasteiger partial charge in [0, 0.05) is 13.7 Å². The van der Waals surface area contributed by atoms with Crippen molar-refractivity contribution in [3.8, 4) is 0 Å². The molecule has 0 fully saturated rings. The van der Waals surface area contributed by atoms with Crippen LogP contribution in [0.3, 0.4) is 0 Å². The maximum absolute atomic E-state index is 12.3. The second-order valence-corrected chi connectivity index (χ2v) is 7.93. The van der Waals surface area contributed by atoms with Crippen molar-refractivity contribution in [2.24, 2.45) is 0 Å². The first-order valence-corrected chi connectivity index (χ1v) is 9.66. The number of carbonyl (C=O) groups is 1. The summed E-state index contributed by atoms with van der Waals surface area (Å²) in [4.78, 5) is 11.3. The zero-order valence-electron chi connectivity index (χ0n) is 13.6. The highest BCUT2D eigenvalue weighted by atomic mass is 32.2. The third kappa shape index (κ3) is 7.61. The van der Waals surface area contributed by atoms with E-state index in [-0.39, 0.29) is 12.2 Å². The smallest absolute Gasteiger partial charge is 0.321 e. The number of unbranched alkanes of at least 4 members (excludes halogenated alkanes) is 3. The van der Waals surface area contributed by atoms with Crippen LogP contribution in [0.1, 0.15) is 37.7 Å². The summed E-state index contributed by atoms with van der Waals surface area (Å²) in [5.74, 6) is -1.37. The van der Waals surface area contributed by atoms with Gasteiger partial charge in [-0.15, -0.1) is 0 Å². The van der Waals surface area contributed by atoms with Gasteiger partial charge < -0.3 is 9.84 Å². The van der Waals surface area contributed by atoms with Gasteiger partial charge >= 0.3 is 5.97 Å². The Balaban J connectivity index is 2.49. The molecule has 0 heterocycles. The number of aliphatic carboxylic acids is 1. The van der Waals surface area contributed by atoms with Crippen molar-refractivity contribution in [3.63, 3.8) is 0 Å². The maximum atomic E-state index is 12.3. The van der Waals surface area contributed by atoms with Gasteiger partial charge in [-0.1, -0.05) is 49.6 Å². The maximum Gasteiger partial charge on any atom is 0.321 e. The summed E-state index contributed by atoms with van der Waals surface area (Å²) in [7, 11) is -2.00. The van der Waals surface area contributed by atoms with Gasteiger partial charge in [-0.05, 0) is 24.8 Å². The SMILES string of the molecule is COCCCCCCC(C(=O)O)S(=O)(=O)CCc1ccccc1. The molecule has 0 aliphatic carbocycles. The second-order valence-electron chi connectivity index (χ2n) is 5.63. The van der Waals surface area contributed by atoms with E-state index in [9.17, 15) is 18.3 Å². The number of carboxylic acid groups (broad SMARTS) is 1. The predicted molar refractivity (Wildman–Crippen MR) is 90.3 cm³/mol. The molecule has 23 heavy (non-hydrogen) atoms. The Labute approximate surface area is 138 Å². The van der Waals surface area contributed by atoms with E-state index in [4.69, 9.17) is 4.74 Å². The van der Waals surface area contributed by atoms with Gasteiger partial charge in [0.1, 0.15) is 0 Å². The number of methoxy groups -OCH3 is 1. The van der Waals surface area contributed by atoms with Gasteiger partial charge in [-0.3, -0.25) is 4.79 Å². The number of aryl methyl sites for hydroxylation is 1. The predicted octanol–water partition coefficient (Wildman–Crippen LogP) is 2.69. The quantitative estimate of drug-likeness (QED) is 0.591. The van der Waals surface area contributed by atoms with Crippen molar-refractivity contribution in [3.05, 3.63) is 35.9 Å². The van der Waals surface area contributed by atoms with E-state index in [1.807, 2.05) is 30.3 Å². The normalized spacial score (nSPS) is 12.9. The summed E-state index contributed by atoms with van der Waals surface area (Å²) in [5, 5.41) is 7.95. The van der Waals surface area contributed by atoms with E-state index in [0.29, 0.717) is 19.4 Å². The molecule has 0 bridgehead atoms. The topological polar surface area (TPSA) is 80.7 Å². The number of ether oxygens (including phenoxy) is 1. The highest BCUT2D eigenvalue weighted by Gasteiger charge is 2.31. The van der Waals surface area contributed by atoms with Crippen molar-refractivity contribution in [1.29, 1.82) is 0 Å².